The Morgan fingerprint density at radius 3 is 2.54 bits per heavy atom. The number of aliphatic hydroxyl groups excluding tert-OH is 2. The Bertz CT molecular complexity index is 438. The molecule has 0 aromatic rings. The van der Waals surface area contributed by atoms with Crippen molar-refractivity contribution >= 4 is 5.97 Å². The van der Waals surface area contributed by atoms with Gasteiger partial charge in [0, 0.05) is 6.42 Å². The molecule has 0 radical (unpaired) electrons. The fraction of sp³-hybridized carbons (Fsp3) is 0.950. The summed E-state index contributed by atoms with van der Waals surface area (Å²) in [4.78, 5) is 12.1. The average molecular weight is 373 g/mol. The molecule has 1 saturated heterocycles. The summed E-state index contributed by atoms with van der Waals surface area (Å²) in [5.41, 5.74) is 0. The summed E-state index contributed by atoms with van der Waals surface area (Å²) in [5.74, 6) is 0.841. The molecule has 0 aromatic heterocycles. The Kier molecular flexibility index (Phi) is 8.33. The molecule has 6 heteroatoms. The Hall–Kier alpha value is -0.690. The van der Waals surface area contributed by atoms with Crippen molar-refractivity contribution in [1.82, 2.24) is 0 Å². The Labute approximate surface area is 157 Å². The first-order valence-corrected chi connectivity index (χ1v) is 10.2. The molecule has 26 heavy (non-hydrogen) atoms. The topological polar surface area (TPSA) is 85.2 Å². The number of esters is 1. The second-order valence-electron chi connectivity index (χ2n) is 8.02. The summed E-state index contributed by atoms with van der Waals surface area (Å²) in [6, 6.07) is 0. The molecule has 2 rings (SSSR count). The predicted molar refractivity (Wildman–Crippen MR) is 97.4 cm³/mol. The van der Waals surface area contributed by atoms with Gasteiger partial charge in [-0.3, -0.25) is 4.79 Å². The summed E-state index contributed by atoms with van der Waals surface area (Å²) in [6.07, 6.45) is 2.41. The minimum absolute atomic E-state index is 0.0447. The third kappa shape index (κ3) is 6.19. The predicted octanol–water partition coefficient (Wildman–Crippen LogP) is 2.64. The summed E-state index contributed by atoms with van der Waals surface area (Å²) in [6.45, 7) is 8.51. The Morgan fingerprint density at radius 2 is 1.88 bits per heavy atom. The maximum absolute atomic E-state index is 12.1. The van der Waals surface area contributed by atoms with Crippen LogP contribution in [0.3, 0.4) is 0 Å². The Balaban J connectivity index is 1.63. The van der Waals surface area contributed by atoms with E-state index in [4.69, 9.17) is 14.2 Å². The molecule has 0 spiro atoms. The van der Waals surface area contributed by atoms with Crippen LogP contribution in [0.5, 0.6) is 0 Å². The van der Waals surface area contributed by atoms with Gasteiger partial charge in [0.15, 0.2) is 6.29 Å². The largest absolute Gasteiger partial charge is 0.465 e. The summed E-state index contributed by atoms with van der Waals surface area (Å²) in [7, 11) is 0. The van der Waals surface area contributed by atoms with Crippen molar-refractivity contribution in [3.8, 4) is 0 Å². The van der Waals surface area contributed by atoms with E-state index in [0.29, 0.717) is 18.4 Å². The lowest BCUT2D eigenvalue weighted by Gasteiger charge is -2.36. The molecular weight excluding hydrogens is 336 g/mol. The van der Waals surface area contributed by atoms with E-state index in [9.17, 15) is 15.0 Å². The zero-order chi connectivity index (χ0) is 19.3. The van der Waals surface area contributed by atoms with E-state index in [0.717, 1.165) is 32.1 Å². The van der Waals surface area contributed by atoms with E-state index < -0.39 is 18.5 Å². The second kappa shape index (κ2) is 10.0. The number of hydrogen-bond acceptors (Lipinski definition) is 6. The van der Waals surface area contributed by atoms with Gasteiger partial charge in [-0.15, -0.1) is 0 Å². The molecular formula is C20H36O6. The lowest BCUT2D eigenvalue weighted by Crippen LogP contribution is -2.48. The monoisotopic (exact) mass is 372 g/mol. The van der Waals surface area contributed by atoms with Crippen LogP contribution in [-0.4, -0.2) is 53.5 Å². The van der Waals surface area contributed by atoms with Crippen molar-refractivity contribution in [1.29, 1.82) is 0 Å². The first-order valence-electron chi connectivity index (χ1n) is 10.2. The number of carbonyl (C=O) groups is 1. The molecule has 0 amide bonds. The quantitative estimate of drug-likeness (QED) is 0.574. The first-order chi connectivity index (χ1) is 12.3. The minimum Gasteiger partial charge on any atom is -0.465 e. The minimum atomic E-state index is -0.808. The molecule has 0 bridgehead atoms. The van der Waals surface area contributed by atoms with Gasteiger partial charge in [0.1, 0.15) is 6.10 Å². The van der Waals surface area contributed by atoms with Crippen LogP contribution >= 0.6 is 0 Å². The van der Waals surface area contributed by atoms with E-state index in [1.165, 1.54) is 0 Å². The average Bonchev–Trinajstić information content (AvgIpc) is 3.38. The van der Waals surface area contributed by atoms with Gasteiger partial charge in [-0.2, -0.15) is 0 Å². The van der Waals surface area contributed by atoms with Crippen molar-refractivity contribution in [3.05, 3.63) is 0 Å². The van der Waals surface area contributed by atoms with Gasteiger partial charge in [0.2, 0.25) is 0 Å². The van der Waals surface area contributed by atoms with Crippen LogP contribution < -0.4 is 0 Å². The Morgan fingerprint density at radius 1 is 1.19 bits per heavy atom. The normalized spacial score (nSPS) is 35.3. The van der Waals surface area contributed by atoms with E-state index >= 15 is 0 Å². The van der Waals surface area contributed by atoms with Gasteiger partial charge >= 0.3 is 5.97 Å². The van der Waals surface area contributed by atoms with E-state index in [-0.39, 0.29) is 30.5 Å². The number of aliphatic hydroxyl groups is 2. The highest BCUT2D eigenvalue weighted by Crippen LogP contribution is 2.43. The molecule has 0 aromatic carbocycles. The van der Waals surface area contributed by atoms with Crippen molar-refractivity contribution < 1.29 is 29.2 Å². The van der Waals surface area contributed by atoms with Crippen molar-refractivity contribution in [2.24, 2.45) is 17.8 Å². The lowest BCUT2D eigenvalue weighted by atomic mass is 10.0. The molecule has 2 N–H and O–H groups in total. The van der Waals surface area contributed by atoms with E-state index in [2.05, 4.69) is 13.8 Å². The van der Waals surface area contributed by atoms with Crippen LogP contribution in [0.2, 0.25) is 0 Å². The number of hydrogen-bond donors (Lipinski definition) is 2. The fourth-order valence-electron chi connectivity index (χ4n) is 3.50. The van der Waals surface area contributed by atoms with Crippen LogP contribution in [0.15, 0.2) is 0 Å². The van der Waals surface area contributed by atoms with Crippen LogP contribution in [0.4, 0.5) is 0 Å². The molecule has 152 valence electrons. The van der Waals surface area contributed by atoms with Crippen LogP contribution in [-0.2, 0) is 19.0 Å². The highest BCUT2D eigenvalue weighted by Gasteiger charge is 2.44. The van der Waals surface area contributed by atoms with Crippen molar-refractivity contribution in [3.63, 3.8) is 0 Å². The number of ether oxygens (including phenoxy) is 3. The summed E-state index contributed by atoms with van der Waals surface area (Å²) < 4.78 is 16.8. The molecule has 6 nitrogen and oxygen atoms in total. The lowest BCUT2D eigenvalue weighted by molar-refractivity contribution is -0.273. The van der Waals surface area contributed by atoms with Gasteiger partial charge in [-0.25, -0.2) is 0 Å². The maximum atomic E-state index is 12.1. The highest BCUT2D eigenvalue weighted by molar-refractivity contribution is 5.75. The first kappa shape index (κ1) is 21.6. The summed E-state index contributed by atoms with van der Waals surface area (Å²) >= 11 is 0. The standard InChI is InChI=1S/C20H36O6/c1-5-14(6-2)11-24-19(23)16-9-15(16)8-7-12(3)25-20-18(22)10-17(21)13(4)26-20/h12-18,20-22H,5-11H2,1-4H3/t12-,13+,15+,16-,17-,18-,20-/m1/s1. The number of carbonyl (C=O) groups excluding carboxylic acids is 1. The van der Waals surface area contributed by atoms with Crippen LogP contribution in [0.25, 0.3) is 0 Å². The number of rotatable bonds is 10. The van der Waals surface area contributed by atoms with Crippen LogP contribution in [0.1, 0.15) is 66.2 Å². The molecule has 1 saturated carbocycles. The highest BCUT2D eigenvalue weighted by atomic mass is 16.7. The molecule has 1 aliphatic heterocycles. The fourth-order valence-corrected chi connectivity index (χ4v) is 3.50. The molecule has 2 aliphatic rings. The van der Waals surface area contributed by atoms with Gasteiger partial charge in [-0.05, 0) is 44.9 Å². The zero-order valence-corrected chi connectivity index (χ0v) is 16.6. The van der Waals surface area contributed by atoms with E-state index in [1.807, 2.05) is 6.92 Å². The SMILES string of the molecule is CCC(CC)COC(=O)[C@@H]1C[C@@H]1CC[C@@H](C)O[C@@H]1O[C@@H](C)[C@H](O)C[C@H]1O. The molecule has 2 fully saturated rings. The molecule has 0 unspecified atom stereocenters. The molecule has 1 aliphatic carbocycles. The zero-order valence-electron chi connectivity index (χ0n) is 16.6. The van der Waals surface area contributed by atoms with Gasteiger partial charge in [0.05, 0.1) is 30.8 Å². The smallest absolute Gasteiger partial charge is 0.309 e. The van der Waals surface area contributed by atoms with E-state index in [1.54, 1.807) is 6.92 Å². The second-order valence-corrected chi connectivity index (χ2v) is 8.02. The van der Waals surface area contributed by atoms with Gasteiger partial charge < -0.3 is 24.4 Å². The van der Waals surface area contributed by atoms with Crippen molar-refractivity contribution in [2.45, 2.75) is 96.9 Å². The molecule has 1 heterocycles. The van der Waals surface area contributed by atoms with Gasteiger partial charge in [-0.1, -0.05) is 26.7 Å². The third-order valence-electron chi connectivity index (χ3n) is 5.84. The van der Waals surface area contributed by atoms with Gasteiger partial charge in [0.25, 0.3) is 0 Å². The van der Waals surface area contributed by atoms with Crippen molar-refractivity contribution in [2.75, 3.05) is 6.61 Å². The molecule has 7 atom stereocenters. The summed E-state index contributed by atoms with van der Waals surface area (Å²) in [5, 5.41) is 19.7. The third-order valence-corrected chi connectivity index (χ3v) is 5.84. The maximum Gasteiger partial charge on any atom is 0.309 e. The van der Waals surface area contributed by atoms with Crippen LogP contribution in [0, 0.1) is 17.8 Å².